The van der Waals surface area contributed by atoms with Crippen LogP contribution in [0.2, 0.25) is 0 Å². The van der Waals surface area contributed by atoms with Crippen LogP contribution < -0.4 is 10.2 Å². The molecule has 268 valence electrons. The number of nitrogens with zero attached hydrogens (tertiary/aromatic N) is 2. The number of ether oxygens (including phenoxy) is 1. The maximum atomic E-state index is 12.4. The number of alkyl carbamates (subject to hydrolysis) is 1. The van der Waals surface area contributed by atoms with Crippen molar-refractivity contribution in [1.82, 2.24) is 15.3 Å². The van der Waals surface area contributed by atoms with E-state index in [2.05, 4.69) is 120 Å². The molecule has 1 fully saturated rings. The van der Waals surface area contributed by atoms with Crippen LogP contribution in [0.25, 0.3) is 39.1 Å². The molecule has 4 aliphatic rings. The first-order valence-electron chi connectivity index (χ1n) is 19.5. The molecule has 9 rings (SSSR count). The normalized spacial score (nSPS) is 17.5. The summed E-state index contributed by atoms with van der Waals surface area (Å²) in [4.78, 5) is 23.9. The SMILES string of the molecule is COC(=O)N[C@@H](Cc1ccc2c(c1N1CCC[C@H]1c1ncc(-c3ccc4c(c3)CCc3cc(C5=CC=CCC5)ccc3-4)[nH]1)Cc1ccccc1-2)C(C)C. The molecule has 0 bridgehead atoms. The number of benzene rings is 4. The van der Waals surface area contributed by atoms with Gasteiger partial charge in [0.1, 0.15) is 5.82 Å². The number of carbonyl (C=O) groups excluding carboxylic acids is 1. The highest BCUT2D eigenvalue weighted by molar-refractivity contribution is 5.84. The van der Waals surface area contributed by atoms with E-state index in [-0.39, 0.29) is 24.1 Å². The largest absolute Gasteiger partial charge is 0.453 e. The van der Waals surface area contributed by atoms with Crippen molar-refractivity contribution in [2.45, 2.75) is 77.3 Å². The number of imidazole rings is 1. The number of methoxy groups -OCH3 is 1. The number of aromatic amines is 1. The lowest BCUT2D eigenvalue weighted by molar-refractivity contribution is 0.163. The lowest BCUT2D eigenvalue weighted by Crippen LogP contribution is -2.40. The third-order valence-corrected chi connectivity index (χ3v) is 12.1. The van der Waals surface area contributed by atoms with Crippen LogP contribution in [0, 0.1) is 5.92 Å². The van der Waals surface area contributed by atoms with Gasteiger partial charge in [0.2, 0.25) is 0 Å². The number of aromatic nitrogens is 2. The molecule has 6 nitrogen and oxygen atoms in total. The number of aryl methyl sites for hydroxylation is 2. The minimum atomic E-state index is -0.382. The van der Waals surface area contributed by atoms with Crippen molar-refractivity contribution in [3.63, 3.8) is 0 Å². The molecule has 1 saturated heterocycles. The second-order valence-electron chi connectivity index (χ2n) is 15.6. The van der Waals surface area contributed by atoms with Gasteiger partial charge in [0, 0.05) is 24.7 Å². The van der Waals surface area contributed by atoms with Gasteiger partial charge in [-0.2, -0.15) is 0 Å². The van der Waals surface area contributed by atoms with Crippen molar-refractivity contribution in [3.05, 3.63) is 136 Å². The van der Waals surface area contributed by atoms with E-state index < -0.39 is 0 Å². The first kappa shape index (κ1) is 33.5. The molecule has 2 heterocycles. The number of fused-ring (bicyclic) bond motifs is 6. The van der Waals surface area contributed by atoms with Crippen LogP contribution in [0.15, 0.2) is 97.2 Å². The zero-order valence-electron chi connectivity index (χ0n) is 31.0. The fourth-order valence-electron chi connectivity index (χ4n) is 9.24. The Morgan fingerprint density at radius 1 is 0.925 bits per heavy atom. The van der Waals surface area contributed by atoms with E-state index >= 15 is 0 Å². The summed E-state index contributed by atoms with van der Waals surface area (Å²) in [6, 6.07) is 27.5. The molecular weight excluding hydrogens is 653 g/mol. The molecule has 6 heteroatoms. The first-order valence-corrected chi connectivity index (χ1v) is 19.5. The first-order chi connectivity index (χ1) is 25.9. The van der Waals surface area contributed by atoms with Crippen LogP contribution in [0.3, 0.4) is 0 Å². The van der Waals surface area contributed by atoms with Crippen molar-refractivity contribution in [2.24, 2.45) is 5.92 Å². The van der Waals surface area contributed by atoms with Crippen molar-refractivity contribution in [3.8, 4) is 33.5 Å². The van der Waals surface area contributed by atoms with E-state index in [9.17, 15) is 4.79 Å². The molecular formula is C47H48N4O2. The number of anilines is 1. The maximum absolute atomic E-state index is 12.4. The Labute approximate surface area is 313 Å². The van der Waals surface area contributed by atoms with Gasteiger partial charge >= 0.3 is 6.09 Å². The summed E-state index contributed by atoms with van der Waals surface area (Å²) in [7, 11) is 1.43. The summed E-state index contributed by atoms with van der Waals surface area (Å²) in [5.41, 5.74) is 18.6. The molecule has 1 aromatic heterocycles. The van der Waals surface area contributed by atoms with Gasteiger partial charge in [0.05, 0.1) is 25.0 Å². The van der Waals surface area contributed by atoms with Gasteiger partial charge in [0.15, 0.2) is 0 Å². The average molecular weight is 701 g/mol. The minimum Gasteiger partial charge on any atom is -0.453 e. The van der Waals surface area contributed by atoms with E-state index in [0.29, 0.717) is 0 Å². The third kappa shape index (κ3) is 6.18. The maximum Gasteiger partial charge on any atom is 0.407 e. The summed E-state index contributed by atoms with van der Waals surface area (Å²) >= 11 is 0. The number of hydrogen-bond acceptors (Lipinski definition) is 4. The zero-order valence-corrected chi connectivity index (χ0v) is 31.0. The second kappa shape index (κ2) is 13.9. The van der Waals surface area contributed by atoms with Gasteiger partial charge in [-0.25, -0.2) is 9.78 Å². The van der Waals surface area contributed by atoms with Crippen LogP contribution in [0.1, 0.15) is 84.8 Å². The van der Waals surface area contributed by atoms with Crippen molar-refractivity contribution in [1.29, 1.82) is 0 Å². The highest BCUT2D eigenvalue weighted by atomic mass is 16.5. The van der Waals surface area contributed by atoms with E-state index in [0.717, 1.165) is 69.4 Å². The highest BCUT2D eigenvalue weighted by Gasteiger charge is 2.35. The van der Waals surface area contributed by atoms with E-state index in [1.165, 1.54) is 79.6 Å². The van der Waals surface area contributed by atoms with Gasteiger partial charge in [-0.3, -0.25) is 0 Å². The molecule has 53 heavy (non-hydrogen) atoms. The van der Waals surface area contributed by atoms with Crippen LogP contribution in [0.4, 0.5) is 10.5 Å². The lowest BCUT2D eigenvalue weighted by Gasteiger charge is -2.32. The summed E-state index contributed by atoms with van der Waals surface area (Å²) in [5, 5.41) is 3.12. The van der Waals surface area contributed by atoms with Crippen LogP contribution >= 0.6 is 0 Å². The molecule has 0 unspecified atom stereocenters. The number of rotatable bonds is 8. The predicted molar refractivity (Wildman–Crippen MR) is 215 cm³/mol. The topological polar surface area (TPSA) is 70.2 Å². The summed E-state index contributed by atoms with van der Waals surface area (Å²) < 4.78 is 5.02. The number of carbonyl (C=O) groups is 1. The molecule has 3 aliphatic carbocycles. The molecule has 2 N–H and O–H groups in total. The Morgan fingerprint density at radius 3 is 2.45 bits per heavy atom. The van der Waals surface area contributed by atoms with Crippen molar-refractivity contribution < 1.29 is 9.53 Å². The lowest BCUT2D eigenvalue weighted by atomic mass is 9.82. The van der Waals surface area contributed by atoms with Gasteiger partial charge in [-0.05, 0) is 124 Å². The molecule has 0 radical (unpaired) electrons. The molecule has 5 aromatic rings. The fourth-order valence-corrected chi connectivity index (χ4v) is 9.24. The highest BCUT2D eigenvalue weighted by Crippen LogP contribution is 2.47. The van der Waals surface area contributed by atoms with Crippen molar-refractivity contribution >= 4 is 17.4 Å². The second-order valence-corrected chi connectivity index (χ2v) is 15.6. The van der Waals surface area contributed by atoms with Crippen LogP contribution in [-0.4, -0.2) is 35.8 Å². The number of hydrogen-bond donors (Lipinski definition) is 2. The fraction of sp³-hybridized carbons (Fsp3) is 0.319. The van der Waals surface area contributed by atoms with E-state index in [4.69, 9.17) is 9.72 Å². The average Bonchev–Trinajstić information content (AvgIpc) is 3.96. The molecule has 1 aliphatic heterocycles. The van der Waals surface area contributed by atoms with Gasteiger partial charge in [-0.15, -0.1) is 0 Å². The quantitative estimate of drug-likeness (QED) is 0.166. The number of H-pyrrole nitrogens is 1. The standard InChI is InChI=1S/C47H48N4O2/c1-29(2)42(50-47(52)53-3)27-36-19-22-40-37-13-8-7-12-32(37)26-41(40)45(36)51-23-9-14-44(51)46-48-28-43(49-46)35-18-21-39-34(25-35)16-15-33-24-31(17-20-38(33)39)30-10-5-4-6-11-30/h4-5,7-8,10,12-13,17-22,24-25,28-29,42,44H,6,9,11,14-16,23,26-27H2,1-3H3,(H,48,49)(H,50,52)/t42-,44-/m0/s1. The molecule has 0 spiro atoms. The third-order valence-electron chi connectivity index (χ3n) is 12.1. The van der Waals surface area contributed by atoms with E-state index in [1.54, 1.807) is 0 Å². The van der Waals surface area contributed by atoms with Crippen LogP contribution in [0.5, 0.6) is 0 Å². The number of amides is 1. The Kier molecular flexibility index (Phi) is 8.77. The van der Waals surface area contributed by atoms with Gasteiger partial charge in [-0.1, -0.05) is 98.8 Å². The van der Waals surface area contributed by atoms with Crippen molar-refractivity contribution in [2.75, 3.05) is 18.6 Å². The Morgan fingerprint density at radius 2 is 1.68 bits per heavy atom. The van der Waals surface area contributed by atoms with Crippen LogP contribution in [-0.2, 0) is 30.4 Å². The summed E-state index contributed by atoms with van der Waals surface area (Å²) in [6.07, 6.45) is 16.5. The monoisotopic (exact) mass is 700 g/mol. The predicted octanol–water partition coefficient (Wildman–Crippen LogP) is 10.4. The summed E-state index contributed by atoms with van der Waals surface area (Å²) in [5.74, 6) is 1.26. The molecule has 1 amide bonds. The van der Waals surface area contributed by atoms with Gasteiger partial charge < -0.3 is 19.9 Å². The smallest absolute Gasteiger partial charge is 0.407 e. The Bertz CT molecular complexity index is 2280. The number of nitrogens with one attached hydrogen (secondary N) is 2. The minimum absolute atomic E-state index is 0.0518. The number of allylic oxidation sites excluding steroid dienone is 4. The van der Waals surface area contributed by atoms with Gasteiger partial charge in [0.25, 0.3) is 0 Å². The molecule has 0 saturated carbocycles. The Balaban J connectivity index is 1.02. The molecule has 2 atom stereocenters. The molecule has 4 aromatic carbocycles. The Hall–Kier alpha value is -5.36. The summed E-state index contributed by atoms with van der Waals surface area (Å²) in [6.45, 7) is 5.29. The van der Waals surface area contributed by atoms with E-state index in [1.807, 2.05) is 6.20 Å². The zero-order chi connectivity index (χ0) is 36.1.